The highest BCUT2D eigenvalue weighted by Gasteiger charge is 2.30. The van der Waals surface area contributed by atoms with Crippen molar-refractivity contribution in [2.75, 3.05) is 13.1 Å². The van der Waals surface area contributed by atoms with Crippen LogP contribution in [-0.4, -0.2) is 36.0 Å². The molecular formula is C15H17BrN2O2. The number of rotatable bonds is 1. The molecule has 0 saturated carbocycles. The van der Waals surface area contributed by atoms with E-state index in [-0.39, 0.29) is 11.9 Å². The number of piperazine rings is 1. The number of furan rings is 1. The van der Waals surface area contributed by atoms with Gasteiger partial charge in [0.2, 0.25) is 0 Å². The highest BCUT2D eigenvalue weighted by Crippen LogP contribution is 2.25. The normalized spacial score (nSPS) is 23.2. The number of fused-ring (bicyclic) bond motifs is 1. The molecule has 4 nitrogen and oxygen atoms in total. The molecule has 20 heavy (non-hydrogen) atoms. The van der Waals surface area contributed by atoms with Gasteiger partial charge in [0.1, 0.15) is 5.58 Å². The number of carbonyl (C=O) groups is 1. The molecule has 106 valence electrons. The molecule has 1 aliphatic heterocycles. The highest BCUT2D eigenvalue weighted by atomic mass is 79.9. The number of nitrogens with one attached hydrogen (secondary N) is 1. The molecule has 2 aromatic rings. The van der Waals surface area contributed by atoms with Crippen LogP contribution in [0.4, 0.5) is 0 Å². The molecule has 5 heteroatoms. The quantitative estimate of drug-likeness (QED) is 0.870. The van der Waals surface area contributed by atoms with Crippen molar-refractivity contribution < 1.29 is 9.21 Å². The zero-order valence-corrected chi connectivity index (χ0v) is 13.1. The molecule has 1 saturated heterocycles. The van der Waals surface area contributed by atoms with Crippen molar-refractivity contribution in [2.24, 2.45) is 0 Å². The van der Waals surface area contributed by atoms with Crippen LogP contribution < -0.4 is 5.32 Å². The van der Waals surface area contributed by atoms with Crippen molar-refractivity contribution in [3.63, 3.8) is 0 Å². The summed E-state index contributed by atoms with van der Waals surface area (Å²) in [5, 5.41) is 4.31. The van der Waals surface area contributed by atoms with Gasteiger partial charge < -0.3 is 14.6 Å². The molecule has 0 aliphatic carbocycles. The summed E-state index contributed by atoms with van der Waals surface area (Å²) < 4.78 is 6.67. The Hall–Kier alpha value is -1.33. The maximum atomic E-state index is 12.6. The molecule has 2 heterocycles. The number of amides is 1. The van der Waals surface area contributed by atoms with E-state index in [1.165, 1.54) is 0 Å². The summed E-state index contributed by atoms with van der Waals surface area (Å²) in [4.78, 5) is 14.5. The largest absolute Gasteiger partial charge is 0.451 e. The summed E-state index contributed by atoms with van der Waals surface area (Å²) in [6, 6.07) is 8.03. The topological polar surface area (TPSA) is 45.5 Å². The van der Waals surface area contributed by atoms with Gasteiger partial charge in [0.25, 0.3) is 5.91 Å². The van der Waals surface area contributed by atoms with Gasteiger partial charge >= 0.3 is 0 Å². The van der Waals surface area contributed by atoms with E-state index in [1.54, 1.807) is 0 Å². The van der Waals surface area contributed by atoms with Gasteiger partial charge in [-0.05, 0) is 38.1 Å². The van der Waals surface area contributed by atoms with Crippen LogP contribution in [0.15, 0.2) is 33.2 Å². The number of nitrogens with zero attached hydrogens (tertiary/aromatic N) is 1. The molecule has 1 aliphatic rings. The molecule has 1 aromatic heterocycles. The molecule has 3 rings (SSSR count). The monoisotopic (exact) mass is 336 g/mol. The molecule has 1 N–H and O–H groups in total. The van der Waals surface area contributed by atoms with Crippen molar-refractivity contribution >= 4 is 32.8 Å². The molecule has 1 fully saturated rings. The first-order valence-electron chi connectivity index (χ1n) is 6.80. The van der Waals surface area contributed by atoms with Gasteiger partial charge in [-0.2, -0.15) is 0 Å². The Labute approximate surface area is 126 Å². The Bertz CT molecular complexity index is 652. The predicted octanol–water partition coefficient (Wildman–Crippen LogP) is 3.02. The minimum atomic E-state index is -0.0295. The summed E-state index contributed by atoms with van der Waals surface area (Å²) in [5.41, 5.74) is 0.743. The summed E-state index contributed by atoms with van der Waals surface area (Å²) in [7, 11) is 0. The Morgan fingerprint density at radius 1 is 1.40 bits per heavy atom. The first-order chi connectivity index (χ1) is 9.56. The lowest BCUT2D eigenvalue weighted by atomic mass is 10.1. The average molecular weight is 337 g/mol. The lowest BCUT2D eigenvalue weighted by Crippen LogP contribution is -2.57. The van der Waals surface area contributed by atoms with Crippen molar-refractivity contribution in [3.05, 3.63) is 34.5 Å². The zero-order valence-electron chi connectivity index (χ0n) is 11.5. The van der Waals surface area contributed by atoms with Crippen molar-refractivity contribution in [3.8, 4) is 0 Å². The van der Waals surface area contributed by atoms with Gasteiger partial charge in [0.15, 0.2) is 5.76 Å². The van der Waals surface area contributed by atoms with Crippen LogP contribution in [0, 0.1) is 0 Å². The Balaban J connectivity index is 1.92. The average Bonchev–Trinajstić information content (AvgIpc) is 2.84. The van der Waals surface area contributed by atoms with Crippen LogP contribution in [0.5, 0.6) is 0 Å². The lowest BCUT2D eigenvalue weighted by molar-refractivity contribution is 0.0573. The minimum absolute atomic E-state index is 0.0295. The second-order valence-corrected chi connectivity index (χ2v) is 6.19. The third-order valence-corrected chi connectivity index (χ3v) is 4.48. The van der Waals surface area contributed by atoms with Crippen LogP contribution in [-0.2, 0) is 0 Å². The number of halogens is 1. The fourth-order valence-electron chi connectivity index (χ4n) is 2.60. The highest BCUT2D eigenvalue weighted by molar-refractivity contribution is 9.10. The minimum Gasteiger partial charge on any atom is -0.451 e. The number of hydrogen-bond acceptors (Lipinski definition) is 3. The molecule has 2 unspecified atom stereocenters. The maximum absolute atomic E-state index is 12.6. The summed E-state index contributed by atoms with van der Waals surface area (Å²) >= 11 is 3.43. The number of benzene rings is 1. The molecule has 0 radical (unpaired) electrons. The maximum Gasteiger partial charge on any atom is 0.289 e. The Morgan fingerprint density at radius 2 is 2.20 bits per heavy atom. The van der Waals surface area contributed by atoms with E-state index < -0.39 is 0 Å². The van der Waals surface area contributed by atoms with E-state index in [1.807, 2.05) is 29.2 Å². The van der Waals surface area contributed by atoms with E-state index in [2.05, 4.69) is 35.1 Å². The van der Waals surface area contributed by atoms with Crippen LogP contribution >= 0.6 is 15.9 Å². The van der Waals surface area contributed by atoms with Crippen LogP contribution in [0.3, 0.4) is 0 Å². The fourth-order valence-corrected chi connectivity index (χ4v) is 2.98. The smallest absolute Gasteiger partial charge is 0.289 e. The first kappa shape index (κ1) is 13.6. The van der Waals surface area contributed by atoms with Crippen LogP contribution in [0.1, 0.15) is 24.4 Å². The number of carbonyl (C=O) groups excluding carboxylic acids is 1. The van der Waals surface area contributed by atoms with Gasteiger partial charge in [-0.25, -0.2) is 0 Å². The fraction of sp³-hybridized carbons (Fsp3) is 0.400. The lowest BCUT2D eigenvalue weighted by Gasteiger charge is -2.38. The Kier molecular flexibility index (Phi) is 3.56. The van der Waals surface area contributed by atoms with Gasteiger partial charge in [0.05, 0.1) is 0 Å². The van der Waals surface area contributed by atoms with E-state index in [0.29, 0.717) is 18.3 Å². The van der Waals surface area contributed by atoms with E-state index in [9.17, 15) is 4.79 Å². The first-order valence-corrected chi connectivity index (χ1v) is 7.59. The number of hydrogen-bond donors (Lipinski definition) is 1. The predicted molar refractivity (Wildman–Crippen MR) is 81.9 cm³/mol. The van der Waals surface area contributed by atoms with E-state index in [4.69, 9.17) is 4.42 Å². The van der Waals surface area contributed by atoms with Crippen molar-refractivity contribution in [1.29, 1.82) is 0 Å². The third-order valence-electron chi connectivity index (χ3n) is 3.98. The van der Waals surface area contributed by atoms with E-state index in [0.717, 1.165) is 22.0 Å². The second-order valence-electron chi connectivity index (χ2n) is 5.27. The molecule has 2 atom stereocenters. The van der Waals surface area contributed by atoms with Gasteiger partial charge in [0, 0.05) is 35.0 Å². The molecule has 0 bridgehead atoms. The van der Waals surface area contributed by atoms with E-state index >= 15 is 0 Å². The van der Waals surface area contributed by atoms with Crippen LogP contribution in [0.2, 0.25) is 0 Å². The molecule has 1 amide bonds. The van der Waals surface area contributed by atoms with Crippen molar-refractivity contribution in [1.82, 2.24) is 10.2 Å². The zero-order chi connectivity index (χ0) is 14.3. The summed E-state index contributed by atoms with van der Waals surface area (Å²) in [6.45, 7) is 5.70. The van der Waals surface area contributed by atoms with Gasteiger partial charge in [-0.1, -0.05) is 15.9 Å². The summed E-state index contributed by atoms with van der Waals surface area (Å²) in [5.74, 6) is 0.386. The van der Waals surface area contributed by atoms with Crippen LogP contribution in [0.25, 0.3) is 11.0 Å². The molecular weight excluding hydrogens is 320 g/mol. The van der Waals surface area contributed by atoms with Gasteiger partial charge in [-0.3, -0.25) is 4.79 Å². The summed E-state index contributed by atoms with van der Waals surface area (Å²) in [6.07, 6.45) is 0. The molecule has 1 aromatic carbocycles. The standard InChI is InChI=1S/C15H17BrN2O2/c1-9-10(2)18(6-5-17-9)15(19)14-8-11-7-12(16)3-4-13(11)20-14/h3-4,7-10,17H,5-6H2,1-2H3. The third kappa shape index (κ3) is 2.36. The second kappa shape index (κ2) is 5.22. The SMILES string of the molecule is CC1NCCN(C(=O)c2cc3cc(Br)ccc3o2)C1C. The Morgan fingerprint density at radius 3 is 3.00 bits per heavy atom. The molecule has 0 spiro atoms. The van der Waals surface area contributed by atoms with Gasteiger partial charge in [-0.15, -0.1) is 0 Å². The van der Waals surface area contributed by atoms with Crippen molar-refractivity contribution in [2.45, 2.75) is 25.9 Å².